The molecule has 0 aliphatic rings. The Bertz CT molecular complexity index is 674. The van der Waals surface area contributed by atoms with Gasteiger partial charge in [-0.1, -0.05) is 40.9 Å². The summed E-state index contributed by atoms with van der Waals surface area (Å²) in [6, 6.07) is 6.95. The van der Waals surface area contributed by atoms with Crippen LogP contribution in [0.5, 0.6) is 0 Å². The van der Waals surface area contributed by atoms with Crippen molar-refractivity contribution in [2.24, 2.45) is 0 Å². The first-order chi connectivity index (χ1) is 9.97. The molecule has 1 heterocycles. The van der Waals surface area contributed by atoms with Gasteiger partial charge in [-0.25, -0.2) is 0 Å². The molecular formula is C15H13Cl3N2O. The molecule has 1 aromatic heterocycles. The maximum absolute atomic E-state index is 12.0. The number of hydrogen-bond acceptors (Lipinski definition) is 2. The lowest BCUT2D eigenvalue weighted by Crippen LogP contribution is -2.26. The minimum atomic E-state index is -0.252. The smallest absolute Gasteiger partial charge is 0.254 e. The summed E-state index contributed by atoms with van der Waals surface area (Å²) in [4.78, 5) is 16.1. The Hall–Kier alpha value is -1.29. The van der Waals surface area contributed by atoms with E-state index in [4.69, 9.17) is 34.8 Å². The molecule has 0 atom stereocenters. The fourth-order valence-corrected chi connectivity index (χ4v) is 2.62. The Morgan fingerprint density at radius 2 is 1.95 bits per heavy atom. The first-order valence-electron chi connectivity index (χ1n) is 6.31. The van der Waals surface area contributed by atoms with Crippen molar-refractivity contribution in [3.05, 3.63) is 62.4 Å². The number of halogens is 3. The molecule has 1 N–H and O–H groups in total. The number of carbonyl (C=O) groups is 1. The number of nitrogens with one attached hydrogen (secondary N) is 1. The maximum Gasteiger partial charge on any atom is 0.254 e. The second kappa shape index (κ2) is 7.12. The zero-order chi connectivity index (χ0) is 15.4. The molecule has 0 aliphatic carbocycles. The van der Waals surface area contributed by atoms with Crippen molar-refractivity contribution < 1.29 is 4.79 Å². The summed E-state index contributed by atoms with van der Waals surface area (Å²) in [6.45, 7) is 2.26. The molecule has 0 spiro atoms. The van der Waals surface area contributed by atoms with Crippen LogP contribution in [0.4, 0.5) is 0 Å². The minimum Gasteiger partial charge on any atom is -0.352 e. The van der Waals surface area contributed by atoms with Gasteiger partial charge in [-0.3, -0.25) is 9.78 Å². The van der Waals surface area contributed by atoms with Crippen molar-refractivity contribution in [2.45, 2.75) is 13.3 Å². The van der Waals surface area contributed by atoms with E-state index in [1.54, 1.807) is 18.2 Å². The van der Waals surface area contributed by atoms with Gasteiger partial charge in [-0.2, -0.15) is 0 Å². The highest BCUT2D eigenvalue weighted by Gasteiger charge is 2.11. The predicted octanol–water partition coefficient (Wildman–Crippen LogP) is 4.32. The van der Waals surface area contributed by atoms with Gasteiger partial charge < -0.3 is 5.32 Å². The molecule has 1 amide bonds. The quantitative estimate of drug-likeness (QED) is 0.898. The zero-order valence-corrected chi connectivity index (χ0v) is 13.6. The molecule has 110 valence electrons. The topological polar surface area (TPSA) is 42.0 Å². The average Bonchev–Trinajstić information content (AvgIpc) is 2.41. The van der Waals surface area contributed by atoms with E-state index in [-0.39, 0.29) is 5.91 Å². The van der Waals surface area contributed by atoms with Gasteiger partial charge in [0.15, 0.2) is 0 Å². The van der Waals surface area contributed by atoms with Crippen LogP contribution in [0, 0.1) is 6.92 Å². The second-order valence-electron chi connectivity index (χ2n) is 4.55. The fraction of sp³-hybridized carbons (Fsp3) is 0.200. The van der Waals surface area contributed by atoms with Crippen LogP contribution >= 0.6 is 34.8 Å². The lowest BCUT2D eigenvalue weighted by molar-refractivity contribution is 0.0954. The first kappa shape index (κ1) is 16.1. The Labute approximate surface area is 138 Å². The number of aryl methyl sites for hydroxylation is 1. The van der Waals surface area contributed by atoms with Crippen molar-refractivity contribution in [3.63, 3.8) is 0 Å². The highest BCUT2D eigenvalue weighted by Crippen LogP contribution is 2.21. The number of pyridine rings is 1. The van der Waals surface area contributed by atoms with E-state index in [2.05, 4.69) is 10.3 Å². The Balaban J connectivity index is 1.95. The number of hydrogen-bond donors (Lipinski definition) is 1. The van der Waals surface area contributed by atoms with E-state index in [9.17, 15) is 4.79 Å². The predicted molar refractivity (Wildman–Crippen MR) is 86.5 cm³/mol. The fourth-order valence-electron chi connectivity index (χ4n) is 1.82. The Morgan fingerprint density at radius 3 is 2.62 bits per heavy atom. The highest BCUT2D eigenvalue weighted by molar-refractivity contribution is 6.35. The van der Waals surface area contributed by atoms with E-state index in [1.807, 2.05) is 13.0 Å². The summed E-state index contributed by atoms with van der Waals surface area (Å²) in [5, 5.41) is 4.37. The van der Waals surface area contributed by atoms with Crippen LogP contribution in [0.25, 0.3) is 0 Å². The largest absolute Gasteiger partial charge is 0.352 e. The molecule has 2 aromatic rings. The van der Waals surface area contributed by atoms with Gasteiger partial charge in [0.05, 0.1) is 10.6 Å². The molecule has 0 saturated carbocycles. The van der Waals surface area contributed by atoms with Gasteiger partial charge in [-0.15, -0.1) is 0 Å². The summed E-state index contributed by atoms with van der Waals surface area (Å²) in [5.74, 6) is -0.252. The van der Waals surface area contributed by atoms with E-state index in [0.29, 0.717) is 33.6 Å². The van der Waals surface area contributed by atoms with Crippen LogP contribution in [0.1, 0.15) is 21.6 Å². The zero-order valence-electron chi connectivity index (χ0n) is 11.3. The lowest BCUT2D eigenvalue weighted by Gasteiger charge is -2.08. The normalized spacial score (nSPS) is 10.5. The van der Waals surface area contributed by atoms with Crippen LogP contribution < -0.4 is 5.32 Å². The van der Waals surface area contributed by atoms with Gasteiger partial charge in [0.1, 0.15) is 0 Å². The van der Waals surface area contributed by atoms with E-state index < -0.39 is 0 Å². The van der Waals surface area contributed by atoms with Crippen LogP contribution in [0.15, 0.2) is 30.5 Å². The minimum absolute atomic E-state index is 0.252. The van der Waals surface area contributed by atoms with Crippen LogP contribution in [0.3, 0.4) is 0 Å². The van der Waals surface area contributed by atoms with Crippen LogP contribution in [-0.4, -0.2) is 17.4 Å². The van der Waals surface area contributed by atoms with Crippen molar-refractivity contribution in [3.8, 4) is 0 Å². The lowest BCUT2D eigenvalue weighted by atomic mass is 10.1. The highest BCUT2D eigenvalue weighted by atomic mass is 35.5. The summed E-state index contributed by atoms with van der Waals surface area (Å²) in [7, 11) is 0. The molecular weight excluding hydrogens is 331 g/mol. The SMILES string of the molecule is Cc1cc(Cl)c(C(=O)NCCc2ccc(Cl)cc2Cl)cn1. The summed E-state index contributed by atoms with van der Waals surface area (Å²) < 4.78 is 0. The summed E-state index contributed by atoms with van der Waals surface area (Å²) in [6.07, 6.45) is 2.08. The third-order valence-corrected chi connectivity index (χ3v) is 3.83. The molecule has 0 radical (unpaired) electrons. The van der Waals surface area contributed by atoms with Crippen molar-refractivity contribution >= 4 is 40.7 Å². The molecule has 6 heteroatoms. The second-order valence-corrected chi connectivity index (χ2v) is 5.80. The third-order valence-electron chi connectivity index (χ3n) is 2.93. The van der Waals surface area contributed by atoms with Gasteiger partial charge in [0.2, 0.25) is 0 Å². The Kier molecular flexibility index (Phi) is 5.45. The molecule has 1 aromatic carbocycles. The molecule has 21 heavy (non-hydrogen) atoms. The van der Waals surface area contributed by atoms with Gasteiger partial charge >= 0.3 is 0 Å². The van der Waals surface area contributed by atoms with E-state index >= 15 is 0 Å². The molecule has 0 saturated heterocycles. The van der Waals surface area contributed by atoms with Gasteiger partial charge in [0.25, 0.3) is 5.91 Å². The summed E-state index contributed by atoms with van der Waals surface area (Å²) in [5.41, 5.74) is 2.06. The van der Waals surface area contributed by atoms with Crippen molar-refractivity contribution in [1.82, 2.24) is 10.3 Å². The van der Waals surface area contributed by atoms with Crippen molar-refractivity contribution in [1.29, 1.82) is 0 Å². The van der Waals surface area contributed by atoms with Gasteiger partial charge in [0, 0.05) is 28.5 Å². The summed E-state index contributed by atoms with van der Waals surface area (Å²) >= 11 is 17.9. The maximum atomic E-state index is 12.0. The van der Waals surface area contributed by atoms with E-state index in [0.717, 1.165) is 11.3 Å². The molecule has 3 nitrogen and oxygen atoms in total. The Morgan fingerprint density at radius 1 is 1.19 bits per heavy atom. The number of amides is 1. The first-order valence-corrected chi connectivity index (χ1v) is 7.45. The number of nitrogens with zero attached hydrogens (tertiary/aromatic N) is 1. The monoisotopic (exact) mass is 342 g/mol. The molecule has 0 fully saturated rings. The van der Waals surface area contributed by atoms with E-state index in [1.165, 1.54) is 6.20 Å². The number of aromatic nitrogens is 1. The number of carbonyl (C=O) groups excluding carboxylic acids is 1. The molecule has 0 aliphatic heterocycles. The standard InChI is InChI=1S/C15H13Cl3N2O/c1-9-6-14(18)12(8-20-9)15(21)19-5-4-10-2-3-11(16)7-13(10)17/h2-3,6-8H,4-5H2,1H3,(H,19,21). The molecule has 0 bridgehead atoms. The number of rotatable bonds is 4. The average molecular weight is 344 g/mol. The molecule has 0 unspecified atom stereocenters. The number of benzene rings is 1. The van der Waals surface area contributed by atoms with Crippen LogP contribution in [-0.2, 0) is 6.42 Å². The molecule has 2 rings (SSSR count). The van der Waals surface area contributed by atoms with Crippen molar-refractivity contribution in [2.75, 3.05) is 6.54 Å². The van der Waals surface area contributed by atoms with Crippen LogP contribution in [0.2, 0.25) is 15.1 Å². The third kappa shape index (κ3) is 4.34. The van der Waals surface area contributed by atoms with Gasteiger partial charge in [-0.05, 0) is 37.1 Å².